The molecule has 0 bridgehead atoms. The fourth-order valence-electron chi connectivity index (χ4n) is 2.99. The Hall–Kier alpha value is -0.800. The fraction of sp³-hybridized carbons (Fsp3) is 0.667. The van der Waals surface area contributed by atoms with E-state index in [0.717, 1.165) is 0 Å². The van der Waals surface area contributed by atoms with Crippen molar-refractivity contribution in [1.29, 1.82) is 0 Å². The molecule has 1 fully saturated rings. The summed E-state index contributed by atoms with van der Waals surface area (Å²) in [5.41, 5.74) is 4.49. The Morgan fingerprint density at radius 3 is 2.73 bits per heavy atom. The van der Waals surface area contributed by atoms with E-state index >= 15 is 0 Å². The molecule has 15 heavy (non-hydrogen) atoms. The van der Waals surface area contributed by atoms with Crippen molar-refractivity contribution in [3.8, 4) is 0 Å². The van der Waals surface area contributed by atoms with E-state index in [4.69, 9.17) is 10.3 Å². The van der Waals surface area contributed by atoms with Gasteiger partial charge in [-0.3, -0.25) is 11.3 Å². The third-order valence-electron chi connectivity index (χ3n) is 3.96. The number of hydrogen-bond donors (Lipinski definition) is 2. The summed E-state index contributed by atoms with van der Waals surface area (Å²) < 4.78 is 5.15. The Labute approximate surface area is 91.0 Å². The van der Waals surface area contributed by atoms with Gasteiger partial charge in [0.05, 0.1) is 18.6 Å². The van der Waals surface area contributed by atoms with Crippen molar-refractivity contribution in [2.45, 2.75) is 45.1 Å². The van der Waals surface area contributed by atoms with Crippen molar-refractivity contribution in [1.82, 2.24) is 5.43 Å². The minimum absolute atomic E-state index is 0.240. The van der Waals surface area contributed by atoms with Crippen molar-refractivity contribution in [2.24, 2.45) is 11.3 Å². The smallest absolute Gasteiger partial charge is 0.0951 e. The van der Waals surface area contributed by atoms with Crippen molar-refractivity contribution in [3.05, 3.63) is 24.2 Å². The summed E-state index contributed by atoms with van der Waals surface area (Å²) in [5.74, 6) is 5.71. The highest BCUT2D eigenvalue weighted by atomic mass is 16.3. The first-order valence-electron chi connectivity index (χ1n) is 5.80. The maximum absolute atomic E-state index is 5.71. The quantitative estimate of drug-likeness (QED) is 0.591. The first kappa shape index (κ1) is 10.7. The van der Waals surface area contributed by atoms with Gasteiger partial charge < -0.3 is 4.42 Å². The molecule has 0 radical (unpaired) electrons. The lowest BCUT2D eigenvalue weighted by Gasteiger charge is -2.35. The zero-order valence-electron chi connectivity index (χ0n) is 9.33. The van der Waals surface area contributed by atoms with Gasteiger partial charge in [-0.1, -0.05) is 19.8 Å². The molecule has 1 aliphatic carbocycles. The minimum Gasteiger partial charge on any atom is -0.472 e. The first-order chi connectivity index (χ1) is 7.32. The molecule has 3 heteroatoms. The van der Waals surface area contributed by atoms with Crippen molar-refractivity contribution in [2.75, 3.05) is 0 Å². The fourth-order valence-corrected chi connectivity index (χ4v) is 2.99. The van der Waals surface area contributed by atoms with Crippen LogP contribution in [0.15, 0.2) is 23.0 Å². The van der Waals surface area contributed by atoms with Crippen LogP contribution in [-0.4, -0.2) is 0 Å². The molecule has 2 rings (SSSR count). The molecule has 0 spiro atoms. The molecule has 1 saturated carbocycles. The number of furan rings is 1. The molecule has 0 amide bonds. The molecule has 0 aromatic carbocycles. The van der Waals surface area contributed by atoms with Gasteiger partial charge in [-0.15, -0.1) is 0 Å². The largest absolute Gasteiger partial charge is 0.472 e. The van der Waals surface area contributed by atoms with E-state index in [9.17, 15) is 0 Å². The molecule has 1 atom stereocenters. The van der Waals surface area contributed by atoms with Crippen LogP contribution < -0.4 is 11.3 Å². The summed E-state index contributed by atoms with van der Waals surface area (Å²) in [6.45, 7) is 2.26. The molecule has 0 saturated heterocycles. The molecular weight excluding hydrogens is 188 g/mol. The third-order valence-corrected chi connectivity index (χ3v) is 3.96. The molecule has 0 aliphatic heterocycles. The lowest BCUT2D eigenvalue weighted by molar-refractivity contribution is 0.187. The van der Waals surface area contributed by atoms with Gasteiger partial charge in [-0.25, -0.2) is 0 Å². The van der Waals surface area contributed by atoms with Gasteiger partial charge in [-0.05, 0) is 30.7 Å². The minimum atomic E-state index is 0.240. The standard InChI is InChI=1S/C12H20N2O/c1-2-12(6-3-4-7-12)11(14-13)10-5-8-15-9-10/h5,8-9,11,14H,2-4,6-7,13H2,1H3. The lowest BCUT2D eigenvalue weighted by Crippen LogP contribution is -2.39. The second-order valence-corrected chi connectivity index (χ2v) is 4.58. The molecule has 1 aliphatic rings. The molecule has 3 N–H and O–H groups in total. The van der Waals surface area contributed by atoms with Gasteiger partial charge in [0.2, 0.25) is 0 Å². The van der Waals surface area contributed by atoms with Crippen LogP contribution in [0.2, 0.25) is 0 Å². The van der Waals surface area contributed by atoms with Crippen LogP contribution in [0.3, 0.4) is 0 Å². The van der Waals surface area contributed by atoms with Gasteiger partial charge in [0.25, 0.3) is 0 Å². The predicted octanol–water partition coefficient (Wildman–Crippen LogP) is 2.75. The summed E-state index contributed by atoms with van der Waals surface area (Å²) in [7, 11) is 0. The molecule has 1 aromatic rings. The van der Waals surface area contributed by atoms with Crippen LogP contribution >= 0.6 is 0 Å². The Morgan fingerprint density at radius 2 is 2.27 bits per heavy atom. The summed E-state index contributed by atoms with van der Waals surface area (Å²) in [5, 5.41) is 0. The van der Waals surface area contributed by atoms with Crippen LogP contribution in [0, 0.1) is 5.41 Å². The Kier molecular flexibility index (Phi) is 3.12. The number of hydrazine groups is 1. The highest BCUT2D eigenvalue weighted by Crippen LogP contribution is 2.49. The zero-order chi connectivity index (χ0) is 10.7. The Balaban J connectivity index is 2.24. The van der Waals surface area contributed by atoms with Gasteiger partial charge >= 0.3 is 0 Å². The lowest BCUT2D eigenvalue weighted by atomic mass is 9.74. The van der Waals surface area contributed by atoms with Crippen molar-refractivity contribution >= 4 is 0 Å². The number of nitrogens with one attached hydrogen (secondary N) is 1. The number of hydrogen-bond acceptors (Lipinski definition) is 3. The third kappa shape index (κ3) is 1.82. The monoisotopic (exact) mass is 208 g/mol. The van der Waals surface area contributed by atoms with Gasteiger partial charge in [-0.2, -0.15) is 0 Å². The van der Waals surface area contributed by atoms with Crippen LogP contribution in [0.4, 0.5) is 0 Å². The van der Waals surface area contributed by atoms with E-state index in [1.807, 2.05) is 6.07 Å². The molecule has 1 heterocycles. The first-order valence-corrected chi connectivity index (χ1v) is 5.80. The van der Waals surface area contributed by atoms with E-state index in [2.05, 4.69) is 12.3 Å². The van der Waals surface area contributed by atoms with Gasteiger partial charge in [0.15, 0.2) is 0 Å². The van der Waals surface area contributed by atoms with E-state index < -0.39 is 0 Å². The summed E-state index contributed by atoms with van der Waals surface area (Å²) >= 11 is 0. The predicted molar refractivity (Wildman–Crippen MR) is 60.0 cm³/mol. The second kappa shape index (κ2) is 4.37. The topological polar surface area (TPSA) is 51.2 Å². The van der Waals surface area contributed by atoms with Crippen LogP contribution in [0.5, 0.6) is 0 Å². The molecule has 3 nitrogen and oxygen atoms in total. The maximum atomic E-state index is 5.71. The summed E-state index contributed by atoms with van der Waals surface area (Å²) in [6, 6.07) is 2.25. The molecule has 84 valence electrons. The van der Waals surface area contributed by atoms with Gasteiger partial charge in [0.1, 0.15) is 0 Å². The average Bonchev–Trinajstić information content (AvgIpc) is 2.90. The molecular formula is C12H20N2O. The number of rotatable bonds is 4. The normalized spacial score (nSPS) is 21.7. The second-order valence-electron chi connectivity index (χ2n) is 4.58. The average molecular weight is 208 g/mol. The molecule has 1 unspecified atom stereocenters. The van der Waals surface area contributed by atoms with Crippen molar-refractivity contribution < 1.29 is 4.42 Å². The SMILES string of the molecule is CCC1(C(NN)c2ccoc2)CCCC1. The van der Waals surface area contributed by atoms with E-state index in [0.29, 0.717) is 5.41 Å². The summed E-state index contributed by atoms with van der Waals surface area (Å²) in [6.07, 6.45) is 9.88. The van der Waals surface area contributed by atoms with Crippen LogP contribution in [0.1, 0.15) is 50.6 Å². The van der Waals surface area contributed by atoms with E-state index in [1.54, 1.807) is 12.5 Å². The van der Waals surface area contributed by atoms with Crippen LogP contribution in [-0.2, 0) is 0 Å². The highest BCUT2D eigenvalue weighted by Gasteiger charge is 2.40. The number of nitrogens with two attached hydrogens (primary N) is 1. The molecule has 1 aromatic heterocycles. The van der Waals surface area contributed by atoms with Crippen LogP contribution in [0.25, 0.3) is 0 Å². The zero-order valence-corrected chi connectivity index (χ0v) is 9.33. The van der Waals surface area contributed by atoms with E-state index in [1.165, 1.54) is 37.7 Å². The Morgan fingerprint density at radius 1 is 1.53 bits per heavy atom. The van der Waals surface area contributed by atoms with Gasteiger partial charge in [0, 0.05) is 5.56 Å². The maximum Gasteiger partial charge on any atom is 0.0951 e. The van der Waals surface area contributed by atoms with E-state index in [-0.39, 0.29) is 6.04 Å². The summed E-state index contributed by atoms with van der Waals surface area (Å²) in [4.78, 5) is 0. The Bertz CT molecular complexity index is 289. The van der Waals surface area contributed by atoms with Crippen molar-refractivity contribution in [3.63, 3.8) is 0 Å². The highest BCUT2D eigenvalue weighted by molar-refractivity contribution is 5.16.